The number of benzene rings is 2. The molecule has 2 aromatic rings. The molecule has 7 heteroatoms. The molecular weight excluding hydrogens is 330 g/mol. The van der Waals surface area contributed by atoms with E-state index in [1.165, 1.54) is 6.07 Å². The maximum absolute atomic E-state index is 13.0. The lowest BCUT2D eigenvalue weighted by molar-refractivity contribution is -0.122. The van der Waals surface area contributed by atoms with Crippen LogP contribution in [0, 0.1) is 11.6 Å². The standard InChI is InChI=1S/C18H20F2N2O3/c19-15-7-6-14(8-16(15)20)25-11-13(23)10-22-18(24)9-17(21)12-4-2-1-3-5-12/h1-8,13,17,23H,9-11,21H2,(H,22,24). The van der Waals surface area contributed by atoms with E-state index in [-0.39, 0.29) is 31.2 Å². The summed E-state index contributed by atoms with van der Waals surface area (Å²) < 4.78 is 31.0. The molecule has 2 aromatic carbocycles. The Kier molecular flexibility index (Phi) is 6.85. The van der Waals surface area contributed by atoms with Crippen LogP contribution in [-0.2, 0) is 4.79 Å². The number of nitrogens with one attached hydrogen (secondary N) is 1. The van der Waals surface area contributed by atoms with Crippen LogP contribution in [0.15, 0.2) is 48.5 Å². The number of aliphatic hydroxyl groups excluding tert-OH is 1. The van der Waals surface area contributed by atoms with Crippen molar-refractivity contribution >= 4 is 5.91 Å². The summed E-state index contributed by atoms with van der Waals surface area (Å²) in [7, 11) is 0. The van der Waals surface area contributed by atoms with Gasteiger partial charge in [0.1, 0.15) is 18.5 Å². The van der Waals surface area contributed by atoms with E-state index >= 15 is 0 Å². The lowest BCUT2D eigenvalue weighted by atomic mass is 10.0. The Hall–Kier alpha value is -2.51. The molecule has 0 aliphatic rings. The van der Waals surface area contributed by atoms with Gasteiger partial charge in [-0.25, -0.2) is 8.78 Å². The molecule has 0 saturated heterocycles. The lowest BCUT2D eigenvalue weighted by Gasteiger charge is -2.15. The molecule has 0 spiro atoms. The Labute approximate surface area is 144 Å². The molecule has 0 aliphatic heterocycles. The summed E-state index contributed by atoms with van der Waals surface area (Å²) in [5, 5.41) is 12.4. The summed E-state index contributed by atoms with van der Waals surface area (Å²) >= 11 is 0. The minimum absolute atomic E-state index is 0.0377. The molecule has 0 radical (unpaired) electrons. The molecule has 0 heterocycles. The highest BCUT2D eigenvalue weighted by molar-refractivity contribution is 5.76. The van der Waals surface area contributed by atoms with Gasteiger partial charge >= 0.3 is 0 Å². The van der Waals surface area contributed by atoms with Gasteiger partial charge in [0.2, 0.25) is 5.91 Å². The molecule has 2 rings (SSSR count). The minimum atomic E-state index is -1.03. The number of rotatable bonds is 8. The molecule has 5 nitrogen and oxygen atoms in total. The Morgan fingerprint density at radius 2 is 1.88 bits per heavy atom. The van der Waals surface area contributed by atoms with Crippen molar-refractivity contribution in [2.75, 3.05) is 13.2 Å². The fourth-order valence-corrected chi connectivity index (χ4v) is 2.14. The first-order valence-electron chi connectivity index (χ1n) is 7.79. The Balaban J connectivity index is 1.71. The van der Waals surface area contributed by atoms with Gasteiger partial charge < -0.3 is 20.9 Å². The molecule has 2 atom stereocenters. The van der Waals surface area contributed by atoms with Gasteiger partial charge in [0.25, 0.3) is 0 Å². The number of carbonyl (C=O) groups excluding carboxylic acids is 1. The third-order valence-electron chi connectivity index (χ3n) is 3.50. The van der Waals surface area contributed by atoms with Crippen molar-refractivity contribution in [2.45, 2.75) is 18.6 Å². The Morgan fingerprint density at radius 3 is 2.56 bits per heavy atom. The molecule has 25 heavy (non-hydrogen) atoms. The number of amides is 1. The van der Waals surface area contributed by atoms with Gasteiger partial charge in [-0.3, -0.25) is 4.79 Å². The smallest absolute Gasteiger partial charge is 0.221 e. The maximum atomic E-state index is 13.0. The predicted octanol–water partition coefficient (Wildman–Crippen LogP) is 1.91. The summed E-state index contributed by atoms with van der Waals surface area (Å²) in [6, 6.07) is 11.9. The van der Waals surface area contributed by atoms with Crippen molar-refractivity contribution in [1.29, 1.82) is 0 Å². The van der Waals surface area contributed by atoms with Crippen LogP contribution in [0.3, 0.4) is 0 Å². The van der Waals surface area contributed by atoms with E-state index in [9.17, 15) is 18.7 Å². The molecule has 1 amide bonds. The molecule has 0 fully saturated rings. The molecule has 4 N–H and O–H groups in total. The highest BCUT2D eigenvalue weighted by Gasteiger charge is 2.13. The number of ether oxygens (including phenoxy) is 1. The highest BCUT2D eigenvalue weighted by atomic mass is 19.2. The summed E-state index contributed by atoms with van der Waals surface area (Å²) in [5.41, 5.74) is 6.80. The number of aliphatic hydroxyl groups is 1. The van der Waals surface area contributed by atoms with E-state index in [2.05, 4.69) is 5.32 Å². The van der Waals surface area contributed by atoms with Gasteiger partial charge in [0.15, 0.2) is 11.6 Å². The zero-order valence-corrected chi connectivity index (χ0v) is 13.5. The topological polar surface area (TPSA) is 84.6 Å². The summed E-state index contributed by atoms with van der Waals surface area (Å²) in [6.45, 7) is -0.208. The van der Waals surface area contributed by atoms with Crippen molar-refractivity contribution in [2.24, 2.45) is 5.73 Å². The van der Waals surface area contributed by atoms with Crippen LogP contribution in [0.25, 0.3) is 0 Å². The Morgan fingerprint density at radius 1 is 1.16 bits per heavy atom. The molecular formula is C18H20F2N2O3. The largest absolute Gasteiger partial charge is 0.491 e. The monoisotopic (exact) mass is 350 g/mol. The second-order valence-electron chi connectivity index (χ2n) is 5.57. The van der Waals surface area contributed by atoms with E-state index in [4.69, 9.17) is 10.5 Å². The number of halogens is 2. The molecule has 0 aromatic heterocycles. The zero-order chi connectivity index (χ0) is 18.2. The van der Waals surface area contributed by atoms with Crippen LogP contribution in [0.4, 0.5) is 8.78 Å². The van der Waals surface area contributed by atoms with Gasteiger partial charge in [0, 0.05) is 25.1 Å². The van der Waals surface area contributed by atoms with Crippen LogP contribution in [0.1, 0.15) is 18.0 Å². The molecule has 2 unspecified atom stereocenters. The first-order valence-corrected chi connectivity index (χ1v) is 7.79. The van der Waals surface area contributed by atoms with Crippen molar-refractivity contribution in [1.82, 2.24) is 5.32 Å². The van der Waals surface area contributed by atoms with E-state index in [1.807, 2.05) is 30.3 Å². The van der Waals surface area contributed by atoms with Crippen molar-refractivity contribution in [3.8, 4) is 5.75 Å². The Bertz CT molecular complexity index is 698. The van der Waals surface area contributed by atoms with Gasteiger partial charge in [0.05, 0.1) is 0 Å². The average molecular weight is 350 g/mol. The van der Waals surface area contributed by atoms with Gasteiger partial charge in [-0.1, -0.05) is 30.3 Å². The second kappa shape index (κ2) is 9.10. The van der Waals surface area contributed by atoms with Crippen LogP contribution in [-0.4, -0.2) is 30.3 Å². The minimum Gasteiger partial charge on any atom is -0.491 e. The number of nitrogens with two attached hydrogens (primary N) is 1. The van der Waals surface area contributed by atoms with Crippen molar-refractivity contribution in [3.05, 3.63) is 65.7 Å². The molecule has 0 saturated carbocycles. The van der Waals surface area contributed by atoms with Crippen LogP contribution < -0.4 is 15.8 Å². The molecule has 0 aliphatic carbocycles. The predicted molar refractivity (Wildman–Crippen MR) is 88.9 cm³/mol. The third kappa shape index (κ3) is 6.13. The van der Waals surface area contributed by atoms with Crippen LogP contribution in [0.2, 0.25) is 0 Å². The van der Waals surface area contributed by atoms with Gasteiger partial charge in [-0.05, 0) is 17.7 Å². The van der Waals surface area contributed by atoms with Gasteiger partial charge in [-0.2, -0.15) is 0 Å². The van der Waals surface area contributed by atoms with E-state index in [0.717, 1.165) is 17.7 Å². The SMILES string of the molecule is NC(CC(=O)NCC(O)COc1ccc(F)c(F)c1)c1ccccc1. The second-order valence-corrected chi connectivity index (χ2v) is 5.57. The third-order valence-corrected chi connectivity index (χ3v) is 3.50. The quantitative estimate of drug-likeness (QED) is 0.679. The summed E-state index contributed by atoms with van der Waals surface area (Å²) in [6.07, 6.45) is -0.911. The average Bonchev–Trinajstić information content (AvgIpc) is 2.61. The number of hydrogen-bond donors (Lipinski definition) is 3. The van der Waals surface area contributed by atoms with E-state index in [0.29, 0.717) is 0 Å². The molecule has 134 valence electrons. The van der Waals surface area contributed by atoms with Crippen LogP contribution in [0.5, 0.6) is 5.75 Å². The first-order chi connectivity index (χ1) is 12.0. The fourth-order valence-electron chi connectivity index (χ4n) is 2.14. The maximum Gasteiger partial charge on any atom is 0.221 e. The number of hydrogen-bond acceptors (Lipinski definition) is 4. The van der Waals surface area contributed by atoms with Crippen LogP contribution >= 0.6 is 0 Å². The first kappa shape index (κ1) is 18.8. The zero-order valence-electron chi connectivity index (χ0n) is 13.5. The molecule has 0 bridgehead atoms. The fraction of sp³-hybridized carbons (Fsp3) is 0.278. The summed E-state index contributed by atoms with van der Waals surface area (Å²) in [5.74, 6) is -2.22. The van der Waals surface area contributed by atoms with Crippen molar-refractivity contribution < 1.29 is 23.4 Å². The normalized spacial score (nSPS) is 13.1. The summed E-state index contributed by atoms with van der Waals surface area (Å²) in [4.78, 5) is 11.9. The van der Waals surface area contributed by atoms with E-state index in [1.54, 1.807) is 0 Å². The van der Waals surface area contributed by atoms with Gasteiger partial charge in [-0.15, -0.1) is 0 Å². The highest BCUT2D eigenvalue weighted by Crippen LogP contribution is 2.15. The number of carbonyl (C=O) groups is 1. The van der Waals surface area contributed by atoms with Crippen molar-refractivity contribution in [3.63, 3.8) is 0 Å². The van der Waals surface area contributed by atoms with E-state index < -0.39 is 23.8 Å². The lowest BCUT2D eigenvalue weighted by Crippen LogP contribution is -2.36.